The molecule has 0 radical (unpaired) electrons. The molecule has 82 valence electrons. The van der Waals surface area contributed by atoms with Gasteiger partial charge in [0.2, 0.25) is 0 Å². The van der Waals surface area contributed by atoms with Crippen molar-refractivity contribution in [3.8, 4) is 0 Å². The van der Waals surface area contributed by atoms with Crippen molar-refractivity contribution in [1.82, 2.24) is 0 Å². The molecule has 1 aliphatic rings. The summed E-state index contributed by atoms with van der Waals surface area (Å²) in [5.41, 5.74) is 1.58. The van der Waals surface area contributed by atoms with E-state index in [0.29, 0.717) is 0 Å². The van der Waals surface area contributed by atoms with Gasteiger partial charge in [0.1, 0.15) is 0 Å². The molecule has 0 nitrogen and oxygen atoms in total. The Balaban J connectivity index is 1.96. The van der Waals surface area contributed by atoms with Crippen LogP contribution in [0.25, 0.3) is 0 Å². The molecule has 2 rings (SSSR count). The quantitative estimate of drug-likeness (QED) is 0.762. The maximum Gasteiger partial charge on any atom is 0.0108 e. The standard InChI is InChI=1S/C13H18S2/c1-3-10(2)14-8-11-9-15-13-7-5-4-6-12(11)13/h4-7,10-11H,3,8-9H2,1-2H3. The molecule has 0 saturated heterocycles. The number of benzene rings is 1. The fourth-order valence-electron chi connectivity index (χ4n) is 1.77. The Bertz CT molecular complexity index is 322. The Morgan fingerprint density at radius 3 is 3.07 bits per heavy atom. The first-order chi connectivity index (χ1) is 7.31. The summed E-state index contributed by atoms with van der Waals surface area (Å²) in [6.07, 6.45) is 1.28. The van der Waals surface area contributed by atoms with Crippen LogP contribution in [0.5, 0.6) is 0 Å². The molecule has 0 saturated carbocycles. The van der Waals surface area contributed by atoms with E-state index in [2.05, 4.69) is 49.9 Å². The predicted octanol–water partition coefficient (Wildman–Crippen LogP) is 4.41. The minimum absolute atomic E-state index is 0.783. The van der Waals surface area contributed by atoms with Crippen molar-refractivity contribution >= 4 is 23.5 Å². The Morgan fingerprint density at radius 2 is 2.27 bits per heavy atom. The molecule has 1 heterocycles. The zero-order valence-electron chi connectivity index (χ0n) is 9.40. The van der Waals surface area contributed by atoms with Crippen LogP contribution in [0.1, 0.15) is 31.7 Å². The van der Waals surface area contributed by atoms with E-state index in [9.17, 15) is 0 Å². The van der Waals surface area contributed by atoms with Crippen molar-refractivity contribution in [2.45, 2.75) is 36.3 Å². The Morgan fingerprint density at radius 1 is 1.47 bits per heavy atom. The van der Waals surface area contributed by atoms with E-state index in [1.165, 1.54) is 22.8 Å². The molecule has 2 atom stereocenters. The fraction of sp³-hybridized carbons (Fsp3) is 0.538. The average molecular weight is 238 g/mol. The summed E-state index contributed by atoms with van der Waals surface area (Å²) in [5.74, 6) is 3.35. The van der Waals surface area contributed by atoms with Crippen LogP contribution in [0.4, 0.5) is 0 Å². The third-order valence-corrected chi connectivity index (χ3v) is 5.70. The normalized spacial score (nSPS) is 21.3. The van der Waals surface area contributed by atoms with Crippen LogP contribution in [0, 0.1) is 0 Å². The summed E-state index contributed by atoms with van der Waals surface area (Å²) in [4.78, 5) is 1.51. The highest BCUT2D eigenvalue weighted by molar-refractivity contribution is 8.00. The highest BCUT2D eigenvalue weighted by Crippen LogP contribution is 2.41. The van der Waals surface area contributed by atoms with Crippen molar-refractivity contribution in [2.24, 2.45) is 0 Å². The summed E-state index contributed by atoms with van der Waals surface area (Å²) in [5, 5.41) is 0.808. The van der Waals surface area contributed by atoms with E-state index in [1.54, 1.807) is 5.56 Å². The lowest BCUT2D eigenvalue weighted by molar-refractivity contribution is 0.869. The summed E-state index contributed by atoms with van der Waals surface area (Å²) < 4.78 is 0. The maximum absolute atomic E-state index is 2.33. The molecule has 0 aliphatic carbocycles. The average Bonchev–Trinajstić information content (AvgIpc) is 2.69. The van der Waals surface area contributed by atoms with Gasteiger partial charge < -0.3 is 0 Å². The van der Waals surface area contributed by atoms with Crippen molar-refractivity contribution in [1.29, 1.82) is 0 Å². The monoisotopic (exact) mass is 238 g/mol. The number of fused-ring (bicyclic) bond motifs is 1. The van der Waals surface area contributed by atoms with Crippen LogP contribution in [-0.4, -0.2) is 16.8 Å². The van der Waals surface area contributed by atoms with Gasteiger partial charge in [-0.3, -0.25) is 0 Å². The number of hydrogen-bond donors (Lipinski definition) is 0. The lowest BCUT2D eigenvalue weighted by Gasteiger charge is -2.13. The smallest absolute Gasteiger partial charge is 0.0108 e. The van der Waals surface area contributed by atoms with Crippen molar-refractivity contribution in [3.05, 3.63) is 29.8 Å². The second-order valence-corrected chi connectivity index (χ2v) is 6.63. The molecule has 0 bridgehead atoms. The largest absolute Gasteiger partial charge is 0.158 e. The molecule has 1 aliphatic heterocycles. The first kappa shape index (κ1) is 11.4. The molecule has 0 amide bonds. The molecule has 1 aromatic carbocycles. The van der Waals surface area contributed by atoms with Crippen LogP contribution in [-0.2, 0) is 0 Å². The fourth-order valence-corrected chi connectivity index (χ4v) is 4.26. The number of hydrogen-bond acceptors (Lipinski definition) is 2. The van der Waals surface area contributed by atoms with Gasteiger partial charge >= 0.3 is 0 Å². The van der Waals surface area contributed by atoms with E-state index >= 15 is 0 Å². The highest BCUT2D eigenvalue weighted by atomic mass is 32.2. The molecule has 0 aromatic heterocycles. The summed E-state index contributed by atoms with van der Waals surface area (Å²) in [6.45, 7) is 4.60. The molecular formula is C13H18S2. The van der Waals surface area contributed by atoms with Gasteiger partial charge in [-0.15, -0.1) is 11.8 Å². The van der Waals surface area contributed by atoms with Crippen LogP contribution < -0.4 is 0 Å². The minimum atomic E-state index is 0.783. The number of thioether (sulfide) groups is 2. The van der Waals surface area contributed by atoms with Gasteiger partial charge in [-0.25, -0.2) is 0 Å². The van der Waals surface area contributed by atoms with E-state index < -0.39 is 0 Å². The molecule has 2 heteroatoms. The second kappa shape index (κ2) is 5.31. The van der Waals surface area contributed by atoms with Crippen LogP contribution >= 0.6 is 23.5 Å². The second-order valence-electron chi connectivity index (χ2n) is 4.10. The molecule has 0 N–H and O–H groups in total. The third-order valence-electron chi connectivity index (χ3n) is 2.96. The summed E-state index contributed by atoms with van der Waals surface area (Å²) in [6, 6.07) is 8.88. The SMILES string of the molecule is CCC(C)SCC1CSc2ccccc21. The highest BCUT2D eigenvalue weighted by Gasteiger charge is 2.22. The van der Waals surface area contributed by atoms with Gasteiger partial charge in [-0.05, 0) is 18.1 Å². The van der Waals surface area contributed by atoms with E-state index in [4.69, 9.17) is 0 Å². The Kier molecular flexibility index (Phi) is 4.04. The molecular weight excluding hydrogens is 220 g/mol. The molecule has 0 spiro atoms. The van der Waals surface area contributed by atoms with Crippen molar-refractivity contribution in [3.63, 3.8) is 0 Å². The molecule has 15 heavy (non-hydrogen) atoms. The van der Waals surface area contributed by atoms with Crippen LogP contribution in [0.15, 0.2) is 29.2 Å². The van der Waals surface area contributed by atoms with Gasteiger partial charge in [0.15, 0.2) is 0 Å². The summed E-state index contributed by atoms with van der Waals surface area (Å²) >= 11 is 4.15. The predicted molar refractivity (Wildman–Crippen MR) is 72.1 cm³/mol. The lowest BCUT2D eigenvalue weighted by atomic mass is 10.0. The zero-order valence-corrected chi connectivity index (χ0v) is 11.0. The van der Waals surface area contributed by atoms with Crippen LogP contribution in [0.3, 0.4) is 0 Å². The topological polar surface area (TPSA) is 0 Å². The van der Waals surface area contributed by atoms with Gasteiger partial charge in [0.25, 0.3) is 0 Å². The minimum Gasteiger partial charge on any atom is -0.158 e. The lowest BCUT2D eigenvalue weighted by Crippen LogP contribution is -2.04. The van der Waals surface area contributed by atoms with Crippen LogP contribution in [0.2, 0.25) is 0 Å². The van der Waals surface area contributed by atoms with Gasteiger partial charge in [0.05, 0.1) is 0 Å². The molecule has 2 unspecified atom stereocenters. The van der Waals surface area contributed by atoms with E-state index in [0.717, 1.165) is 11.2 Å². The Labute approximate surface area is 101 Å². The first-order valence-electron chi connectivity index (χ1n) is 5.64. The van der Waals surface area contributed by atoms with E-state index in [1.807, 2.05) is 11.8 Å². The third kappa shape index (κ3) is 2.73. The molecule has 1 aromatic rings. The first-order valence-corrected chi connectivity index (χ1v) is 7.68. The maximum atomic E-state index is 2.33. The molecule has 0 fully saturated rings. The zero-order chi connectivity index (χ0) is 10.7. The van der Waals surface area contributed by atoms with Gasteiger partial charge in [0, 0.05) is 27.6 Å². The van der Waals surface area contributed by atoms with Crippen molar-refractivity contribution in [2.75, 3.05) is 11.5 Å². The van der Waals surface area contributed by atoms with Gasteiger partial charge in [-0.1, -0.05) is 32.0 Å². The summed E-state index contributed by atoms with van der Waals surface area (Å²) in [7, 11) is 0. The number of rotatable bonds is 4. The van der Waals surface area contributed by atoms with E-state index in [-0.39, 0.29) is 0 Å². The van der Waals surface area contributed by atoms with Gasteiger partial charge in [-0.2, -0.15) is 11.8 Å². The Hall–Kier alpha value is -0.0800. The van der Waals surface area contributed by atoms with Crippen molar-refractivity contribution < 1.29 is 0 Å².